The number of nitrogens with zero attached hydrogens (tertiary/aromatic N) is 4. The van der Waals surface area contributed by atoms with Gasteiger partial charge in [-0.25, -0.2) is 4.68 Å². The molecule has 0 aliphatic carbocycles. The number of ether oxygens (including phenoxy) is 1. The second-order valence-corrected chi connectivity index (χ2v) is 5.43. The fourth-order valence-electron chi connectivity index (χ4n) is 2.01. The van der Waals surface area contributed by atoms with Gasteiger partial charge in [-0.1, -0.05) is 23.2 Å². The van der Waals surface area contributed by atoms with Crippen LogP contribution in [0.15, 0.2) is 12.1 Å². The van der Waals surface area contributed by atoms with Gasteiger partial charge in [0.15, 0.2) is 5.82 Å². The SMILES string of the molecule is COCCCCCn1nnnc1-c1cc(N)cc(Cl)c1Cl. The summed E-state index contributed by atoms with van der Waals surface area (Å²) in [5, 5.41) is 12.5. The Bertz CT molecular complexity index is 602. The third-order valence-corrected chi connectivity index (χ3v) is 3.84. The predicted molar refractivity (Wildman–Crippen MR) is 83.4 cm³/mol. The van der Waals surface area contributed by atoms with Gasteiger partial charge in [-0.2, -0.15) is 0 Å². The van der Waals surface area contributed by atoms with Gasteiger partial charge in [-0.05, 0) is 41.8 Å². The summed E-state index contributed by atoms with van der Waals surface area (Å²) in [5.41, 5.74) is 6.97. The van der Waals surface area contributed by atoms with E-state index >= 15 is 0 Å². The van der Waals surface area contributed by atoms with Gasteiger partial charge < -0.3 is 10.5 Å². The summed E-state index contributed by atoms with van der Waals surface area (Å²) >= 11 is 12.3. The van der Waals surface area contributed by atoms with Crippen molar-refractivity contribution in [2.45, 2.75) is 25.8 Å². The van der Waals surface area contributed by atoms with Gasteiger partial charge in [0.2, 0.25) is 0 Å². The lowest BCUT2D eigenvalue weighted by Crippen LogP contribution is -2.04. The highest BCUT2D eigenvalue weighted by Gasteiger charge is 2.15. The zero-order valence-electron chi connectivity index (χ0n) is 11.7. The van der Waals surface area contributed by atoms with Crippen LogP contribution in [-0.4, -0.2) is 33.9 Å². The van der Waals surface area contributed by atoms with Gasteiger partial charge in [0.05, 0.1) is 10.0 Å². The molecule has 0 radical (unpaired) electrons. The second kappa shape index (κ2) is 7.59. The van der Waals surface area contributed by atoms with E-state index in [2.05, 4.69) is 15.5 Å². The summed E-state index contributed by atoms with van der Waals surface area (Å²) in [7, 11) is 1.70. The minimum absolute atomic E-state index is 0.390. The Balaban J connectivity index is 2.13. The molecule has 0 bridgehead atoms. The van der Waals surface area contributed by atoms with E-state index in [1.54, 1.807) is 23.9 Å². The van der Waals surface area contributed by atoms with E-state index in [-0.39, 0.29) is 0 Å². The van der Waals surface area contributed by atoms with Crippen LogP contribution in [0, 0.1) is 0 Å². The van der Waals surface area contributed by atoms with Crippen molar-refractivity contribution in [1.29, 1.82) is 0 Å². The topological polar surface area (TPSA) is 78.8 Å². The summed E-state index contributed by atoms with van der Waals surface area (Å²) in [5.74, 6) is 0.570. The fourth-order valence-corrected chi connectivity index (χ4v) is 2.43. The molecular weight excluding hydrogens is 313 g/mol. The average molecular weight is 330 g/mol. The van der Waals surface area contributed by atoms with E-state index in [0.717, 1.165) is 25.9 Å². The van der Waals surface area contributed by atoms with Crippen LogP contribution in [0.1, 0.15) is 19.3 Å². The van der Waals surface area contributed by atoms with Crippen LogP contribution in [-0.2, 0) is 11.3 Å². The molecule has 21 heavy (non-hydrogen) atoms. The lowest BCUT2D eigenvalue weighted by atomic mass is 10.2. The molecule has 0 saturated heterocycles. The number of benzene rings is 1. The molecular formula is C13H17Cl2N5O. The van der Waals surface area contributed by atoms with Crippen molar-refractivity contribution in [3.63, 3.8) is 0 Å². The van der Waals surface area contributed by atoms with Crippen LogP contribution in [0.5, 0.6) is 0 Å². The molecule has 0 aliphatic heterocycles. The molecule has 0 amide bonds. The third kappa shape index (κ3) is 4.06. The first kappa shape index (κ1) is 16.0. The molecule has 8 heteroatoms. The minimum Gasteiger partial charge on any atom is -0.399 e. The Morgan fingerprint density at radius 2 is 2.05 bits per heavy atom. The highest BCUT2D eigenvalue weighted by Crippen LogP contribution is 2.34. The van der Waals surface area contributed by atoms with Gasteiger partial charge in [-0.3, -0.25) is 0 Å². The van der Waals surface area contributed by atoms with Gasteiger partial charge in [-0.15, -0.1) is 5.10 Å². The molecule has 0 atom stereocenters. The number of hydrogen-bond acceptors (Lipinski definition) is 5. The van der Waals surface area contributed by atoms with Crippen LogP contribution in [0.4, 0.5) is 5.69 Å². The van der Waals surface area contributed by atoms with Crippen molar-refractivity contribution in [1.82, 2.24) is 20.2 Å². The number of methoxy groups -OCH3 is 1. The first-order valence-corrected chi connectivity index (χ1v) is 7.39. The maximum absolute atomic E-state index is 6.22. The Kier molecular flexibility index (Phi) is 5.78. The quantitative estimate of drug-likeness (QED) is 0.623. The molecule has 0 spiro atoms. The molecule has 2 N–H and O–H groups in total. The van der Waals surface area contributed by atoms with Crippen molar-refractivity contribution in [3.05, 3.63) is 22.2 Å². The molecule has 0 saturated carbocycles. The minimum atomic E-state index is 0.390. The third-order valence-electron chi connectivity index (χ3n) is 3.04. The van der Waals surface area contributed by atoms with E-state index in [4.69, 9.17) is 33.7 Å². The van der Waals surface area contributed by atoms with Crippen LogP contribution < -0.4 is 5.73 Å². The Labute approximate surface area is 133 Å². The van der Waals surface area contributed by atoms with Crippen LogP contribution >= 0.6 is 23.2 Å². The summed E-state index contributed by atoms with van der Waals surface area (Å²) in [6.07, 6.45) is 3.01. The molecule has 2 aromatic rings. The highest BCUT2D eigenvalue weighted by molar-refractivity contribution is 6.43. The second-order valence-electron chi connectivity index (χ2n) is 4.64. The number of nitrogen functional groups attached to an aromatic ring is 1. The summed E-state index contributed by atoms with van der Waals surface area (Å²) in [6.45, 7) is 1.47. The van der Waals surface area contributed by atoms with Crippen molar-refractivity contribution >= 4 is 28.9 Å². The molecule has 2 rings (SSSR count). The zero-order valence-corrected chi connectivity index (χ0v) is 13.2. The number of anilines is 1. The normalized spacial score (nSPS) is 11.0. The van der Waals surface area contributed by atoms with Crippen LogP contribution in [0.2, 0.25) is 10.0 Å². The smallest absolute Gasteiger partial charge is 0.183 e. The lowest BCUT2D eigenvalue weighted by Gasteiger charge is -2.08. The number of unbranched alkanes of at least 4 members (excludes halogenated alkanes) is 2. The number of rotatable bonds is 7. The van der Waals surface area contributed by atoms with Crippen LogP contribution in [0.3, 0.4) is 0 Å². The number of tetrazole rings is 1. The number of aryl methyl sites for hydroxylation is 1. The molecule has 1 aromatic carbocycles. The maximum atomic E-state index is 6.22. The van der Waals surface area contributed by atoms with Crippen LogP contribution in [0.25, 0.3) is 11.4 Å². The van der Waals surface area contributed by atoms with Crippen molar-refractivity contribution in [2.75, 3.05) is 19.5 Å². The van der Waals surface area contributed by atoms with Crippen molar-refractivity contribution in [3.8, 4) is 11.4 Å². The number of hydrogen-bond donors (Lipinski definition) is 1. The van der Waals surface area contributed by atoms with Gasteiger partial charge in [0, 0.05) is 31.5 Å². The maximum Gasteiger partial charge on any atom is 0.183 e. The van der Waals surface area contributed by atoms with Crippen molar-refractivity contribution in [2.24, 2.45) is 0 Å². The van der Waals surface area contributed by atoms with E-state index in [9.17, 15) is 0 Å². The molecule has 0 unspecified atom stereocenters. The monoisotopic (exact) mass is 329 g/mol. The largest absolute Gasteiger partial charge is 0.399 e. The Hall–Kier alpha value is -1.37. The molecule has 6 nitrogen and oxygen atoms in total. The van der Waals surface area contributed by atoms with E-state index in [1.165, 1.54) is 0 Å². The summed E-state index contributed by atoms with van der Waals surface area (Å²) in [6, 6.07) is 3.33. The Morgan fingerprint density at radius 3 is 2.81 bits per heavy atom. The zero-order chi connectivity index (χ0) is 15.2. The van der Waals surface area contributed by atoms with Gasteiger partial charge in [0.25, 0.3) is 0 Å². The fraction of sp³-hybridized carbons (Fsp3) is 0.462. The first-order chi connectivity index (χ1) is 10.1. The number of aromatic nitrogens is 4. The molecule has 1 aromatic heterocycles. The number of halogens is 2. The summed E-state index contributed by atoms with van der Waals surface area (Å²) < 4.78 is 6.73. The highest BCUT2D eigenvalue weighted by atomic mass is 35.5. The van der Waals surface area contributed by atoms with E-state index in [0.29, 0.717) is 33.7 Å². The molecule has 0 aliphatic rings. The summed E-state index contributed by atoms with van der Waals surface area (Å²) in [4.78, 5) is 0. The number of nitrogens with two attached hydrogens (primary N) is 1. The Morgan fingerprint density at radius 1 is 1.24 bits per heavy atom. The van der Waals surface area contributed by atoms with Crippen molar-refractivity contribution < 1.29 is 4.74 Å². The predicted octanol–water partition coefficient (Wildman–Crippen LogP) is 3.05. The first-order valence-electron chi connectivity index (χ1n) is 6.63. The molecule has 0 fully saturated rings. The van der Waals surface area contributed by atoms with E-state index < -0.39 is 0 Å². The standard InChI is InChI=1S/C13H17Cl2N5O/c1-21-6-4-2-3-5-20-13(17-18-19-20)10-7-9(16)8-11(14)12(10)15/h7-8H,2-6,16H2,1H3. The van der Waals surface area contributed by atoms with Gasteiger partial charge >= 0.3 is 0 Å². The lowest BCUT2D eigenvalue weighted by molar-refractivity contribution is 0.191. The molecule has 1 heterocycles. The van der Waals surface area contributed by atoms with E-state index in [1.807, 2.05) is 0 Å². The molecule has 114 valence electrons. The van der Waals surface area contributed by atoms with Gasteiger partial charge in [0.1, 0.15) is 0 Å². The average Bonchev–Trinajstić information content (AvgIpc) is 2.91.